The molecule has 1 aromatic carbocycles. The van der Waals surface area contributed by atoms with Gasteiger partial charge in [0.25, 0.3) is 5.91 Å². The lowest BCUT2D eigenvalue weighted by atomic mass is 9.95. The molecule has 0 unspecified atom stereocenters. The van der Waals surface area contributed by atoms with Crippen molar-refractivity contribution in [2.45, 2.75) is 45.4 Å². The van der Waals surface area contributed by atoms with Crippen LogP contribution in [0.3, 0.4) is 0 Å². The van der Waals surface area contributed by atoms with Crippen LogP contribution in [0.15, 0.2) is 22.7 Å². The lowest BCUT2D eigenvalue weighted by Crippen LogP contribution is -2.36. The summed E-state index contributed by atoms with van der Waals surface area (Å²) >= 11 is 0. The standard InChI is InChI=1S/C18H20N2O2/c1-11-8-12(2)14-4-3-7-20(16(14)9-11)18(21)15-10-17(22-19-15)13-5-6-13/h8-10,13H,3-7H2,1-2H3. The van der Waals surface area contributed by atoms with Gasteiger partial charge < -0.3 is 9.42 Å². The van der Waals surface area contributed by atoms with Crippen LogP contribution in [0, 0.1) is 13.8 Å². The summed E-state index contributed by atoms with van der Waals surface area (Å²) in [5, 5.41) is 4.00. The Morgan fingerprint density at radius 2 is 2.09 bits per heavy atom. The fraction of sp³-hybridized carbons (Fsp3) is 0.444. The molecule has 22 heavy (non-hydrogen) atoms. The van der Waals surface area contributed by atoms with Gasteiger partial charge in [0.05, 0.1) is 0 Å². The molecule has 1 aliphatic carbocycles. The number of fused-ring (bicyclic) bond motifs is 1. The highest BCUT2D eigenvalue weighted by Crippen LogP contribution is 2.40. The molecule has 4 heteroatoms. The topological polar surface area (TPSA) is 46.3 Å². The van der Waals surface area contributed by atoms with Gasteiger partial charge in [-0.05, 0) is 62.3 Å². The monoisotopic (exact) mass is 296 g/mol. The van der Waals surface area contributed by atoms with Gasteiger partial charge in [-0.15, -0.1) is 0 Å². The summed E-state index contributed by atoms with van der Waals surface area (Å²) in [5.41, 5.74) is 5.23. The largest absolute Gasteiger partial charge is 0.360 e. The molecule has 0 spiro atoms. The minimum Gasteiger partial charge on any atom is -0.360 e. The number of benzene rings is 1. The van der Waals surface area contributed by atoms with Crippen molar-refractivity contribution in [3.05, 3.63) is 46.3 Å². The first-order valence-corrected chi connectivity index (χ1v) is 8.02. The van der Waals surface area contributed by atoms with E-state index in [2.05, 4.69) is 31.1 Å². The van der Waals surface area contributed by atoms with Gasteiger partial charge >= 0.3 is 0 Å². The molecule has 2 heterocycles. The Labute approximate surface area is 130 Å². The Kier molecular flexibility index (Phi) is 3.06. The molecular formula is C18H20N2O2. The Morgan fingerprint density at radius 3 is 2.86 bits per heavy atom. The maximum Gasteiger partial charge on any atom is 0.280 e. The Balaban J connectivity index is 1.69. The number of amides is 1. The van der Waals surface area contributed by atoms with E-state index in [1.54, 1.807) is 0 Å². The van der Waals surface area contributed by atoms with Crippen LogP contribution in [-0.2, 0) is 6.42 Å². The second-order valence-electron chi connectivity index (χ2n) is 6.53. The van der Waals surface area contributed by atoms with Crippen LogP contribution in [0.4, 0.5) is 5.69 Å². The van der Waals surface area contributed by atoms with Crippen LogP contribution >= 0.6 is 0 Å². The van der Waals surface area contributed by atoms with Gasteiger partial charge in [-0.1, -0.05) is 11.2 Å². The molecule has 0 N–H and O–H groups in total. The van der Waals surface area contributed by atoms with E-state index >= 15 is 0 Å². The first-order chi connectivity index (χ1) is 10.6. The average molecular weight is 296 g/mol. The van der Waals surface area contributed by atoms with Crippen molar-refractivity contribution in [1.82, 2.24) is 5.16 Å². The zero-order valence-electron chi connectivity index (χ0n) is 13.1. The van der Waals surface area contributed by atoms with E-state index in [0.717, 1.165) is 43.7 Å². The highest BCUT2D eigenvalue weighted by molar-refractivity contribution is 6.05. The summed E-state index contributed by atoms with van der Waals surface area (Å²) < 4.78 is 5.34. The van der Waals surface area contributed by atoms with Crippen LogP contribution in [0.1, 0.15) is 58.1 Å². The number of hydrogen-bond donors (Lipinski definition) is 0. The fourth-order valence-corrected chi connectivity index (χ4v) is 3.38. The summed E-state index contributed by atoms with van der Waals surface area (Å²) in [4.78, 5) is 14.7. The molecule has 1 fully saturated rings. The van der Waals surface area contributed by atoms with Crippen molar-refractivity contribution < 1.29 is 9.32 Å². The van der Waals surface area contributed by atoms with Crippen LogP contribution in [0.25, 0.3) is 0 Å². The Hall–Kier alpha value is -2.10. The number of anilines is 1. The van der Waals surface area contributed by atoms with E-state index in [1.165, 1.54) is 16.7 Å². The number of aryl methyl sites for hydroxylation is 2. The minimum atomic E-state index is -0.0402. The Bertz CT molecular complexity index is 744. The lowest BCUT2D eigenvalue weighted by molar-refractivity contribution is 0.0976. The predicted octanol–water partition coefficient (Wildman–Crippen LogP) is 3.76. The van der Waals surface area contributed by atoms with Crippen molar-refractivity contribution in [2.24, 2.45) is 0 Å². The van der Waals surface area contributed by atoms with Crippen LogP contribution in [0.5, 0.6) is 0 Å². The molecule has 2 aliphatic rings. The second-order valence-corrected chi connectivity index (χ2v) is 6.53. The number of aromatic nitrogens is 1. The van der Waals surface area contributed by atoms with Crippen molar-refractivity contribution >= 4 is 11.6 Å². The first-order valence-electron chi connectivity index (χ1n) is 8.02. The van der Waals surface area contributed by atoms with E-state index in [0.29, 0.717) is 11.6 Å². The molecule has 1 aliphatic heterocycles. The number of carbonyl (C=O) groups excluding carboxylic acids is 1. The number of hydrogen-bond acceptors (Lipinski definition) is 3. The molecular weight excluding hydrogens is 276 g/mol. The highest BCUT2D eigenvalue weighted by atomic mass is 16.5. The van der Waals surface area contributed by atoms with Crippen LogP contribution in [0.2, 0.25) is 0 Å². The van der Waals surface area contributed by atoms with E-state index in [9.17, 15) is 4.79 Å². The van der Waals surface area contributed by atoms with Gasteiger partial charge in [-0.3, -0.25) is 4.79 Å². The number of nitrogens with zero attached hydrogens (tertiary/aromatic N) is 2. The third-order valence-corrected chi connectivity index (χ3v) is 4.67. The third kappa shape index (κ3) is 2.23. The molecule has 1 aromatic heterocycles. The van der Waals surface area contributed by atoms with Crippen molar-refractivity contribution in [3.8, 4) is 0 Å². The summed E-state index contributed by atoms with van der Waals surface area (Å²) in [7, 11) is 0. The third-order valence-electron chi connectivity index (χ3n) is 4.67. The summed E-state index contributed by atoms with van der Waals surface area (Å²) in [6.07, 6.45) is 4.33. The van der Waals surface area contributed by atoms with Crippen molar-refractivity contribution in [1.29, 1.82) is 0 Å². The zero-order valence-corrected chi connectivity index (χ0v) is 13.1. The summed E-state index contributed by atoms with van der Waals surface area (Å²) in [5.74, 6) is 1.30. The van der Waals surface area contributed by atoms with Gasteiger partial charge in [0.2, 0.25) is 0 Å². The Morgan fingerprint density at radius 1 is 1.27 bits per heavy atom. The van der Waals surface area contributed by atoms with E-state index in [1.807, 2.05) is 11.0 Å². The van der Waals surface area contributed by atoms with Crippen LogP contribution < -0.4 is 4.90 Å². The van der Waals surface area contributed by atoms with Crippen LogP contribution in [-0.4, -0.2) is 17.6 Å². The molecule has 4 nitrogen and oxygen atoms in total. The maximum absolute atomic E-state index is 12.8. The molecule has 0 bridgehead atoms. The molecule has 1 saturated carbocycles. The lowest BCUT2D eigenvalue weighted by Gasteiger charge is -2.30. The van der Waals surface area contributed by atoms with Crippen molar-refractivity contribution in [2.75, 3.05) is 11.4 Å². The van der Waals surface area contributed by atoms with Gasteiger partial charge in [0, 0.05) is 24.2 Å². The normalized spacial score (nSPS) is 17.5. The first kappa shape index (κ1) is 13.6. The summed E-state index contributed by atoms with van der Waals surface area (Å²) in [6.45, 7) is 4.95. The molecule has 114 valence electrons. The average Bonchev–Trinajstić information content (AvgIpc) is 3.23. The fourth-order valence-electron chi connectivity index (χ4n) is 3.38. The minimum absolute atomic E-state index is 0.0402. The molecule has 0 atom stereocenters. The SMILES string of the molecule is Cc1cc(C)c2c(c1)N(C(=O)c1cc(C3CC3)on1)CCC2. The molecule has 0 saturated heterocycles. The van der Waals surface area contributed by atoms with Gasteiger partial charge in [-0.25, -0.2) is 0 Å². The number of rotatable bonds is 2. The smallest absolute Gasteiger partial charge is 0.280 e. The number of carbonyl (C=O) groups is 1. The molecule has 1 amide bonds. The van der Waals surface area contributed by atoms with E-state index in [-0.39, 0.29) is 5.91 Å². The van der Waals surface area contributed by atoms with Gasteiger partial charge in [0.15, 0.2) is 5.69 Å². The predicted molar refractivity (Wildman–Crippen MR) is 84.4 cm³/mol. The molecule has 0 radical (unpaired) electrons. The zero-order chi connectivity index (χ0) is 15.3. The molecule has 4 rings (SSSR count). The van der Waals surface area contributed by atoms with E-state index < -0.39 is 0 Å². The van der Waals surface area contributed by atoms with E-state index in [4.69, 9.17) is 4.52 Å². The van der Waals surface area contributed by atoms with Gasteiger partial charge in [-0.2, -0.15) is 0 Å². The summed E-state index contributed by atoms with van der Waals surface area (Å²) in [6, 6.07) is 6.13. The van der Waals surface area contributed by atoms with Gasteiger partial charge in [0.1, 0.15) is 5.76 Å². The van der Waals surface area contributed by atoms with Crippen molar-refractivity contribution in [3.63, 3.8) is 0 Å². The maximum atomic E-state index is 12.8. The molecule has 2 aromatic rings. The highest BCUT2D eigenvalue weighted by Gasteiger charge is 2.31. The second kappa shape index (κ2) is 4.97. The quantitative estimate of drug-likeness (QED) is 0.847.